The number of ether oxygens (including phenoxy) is 1. The Morgan fingerprint density at radius 2 is 1.41 bits per heavy atom. The van der Waals surface area contributed by atoms with Crippen LogP contribution in [0, 0.1) is 5.92 Å². The zero-order chi connectivity index (χ0) is 12.8. The van der Waals surface area contributed by atoms with Crippen molar-refractivity contribution in [3.63, 3.8) is 0 Å². The molecular weight excluding hydrogens is 240 g/mol. The molecule has 1 aliphatic carbocycles. The first-order chi connectivity index (χ1) is 8.02. The molecule has 0 aromatic carbocycles. The molecule has 0 spiro atoms. The highest BCUT2D eigenvalue weighted by Gasteiger charge is 2.39. The molecule has 0 aromatic rings. The zero-order valence-corrected chi connectivity index (χ0v) is 8.92. The molecule has 10 heteroatoms. The summed E-state index contributed by atoms with van der Waals surface area (Å²) in [5, 5.41) is 41.7. The van der Waals surface area contributed by atoms with Crippen LogP contribution in [0.2, 0.25) is 0 Å². The van der Waals surface area contributed by atoms with Crippen molar-refractivity contribution in [2.45, 2.75) is 25.0 Å². The third kappa shape index (κ3) is 5.18. The van der Waals surface area contributed by atoms with Crippen molar-refractivity contribution < 1.29 is 40.3 Å². The van der Waals surface area contributed by atoms with Crippen LogP contribution in [-0.4, -0.2) is 62.3 Å². The largest absolute Gasteiger partial charge is 0.371 e. The molecular formula is C7H16N2O8. The van der Waals surface area contributed by atoms with Gasteiger partial charge in [-0.1, -0.05) is 0 Å². The second kappa shape index (κ2) is 7.13. The third-order valence-corrected chi connectivity index (χ3v) is 2.45. The first-order valence-electron chi connectivity index (χ1n) is 4.90. The Kier molecular flexibility index (Phi) is 6.15. The second-order valence-electron chi connectivity index (χ2n) is 3.63. The van der Waals surface area contributed by atoms with Gasteiger partial charge < -0.3 is 9.84 Å². The lowest BCUT2D eigenvalue weighted by Crippen LogP contribution is -2.35. The molecule has 2 atom stereocenters. The van der Waals surface area contributed by atoms with Crippen LogP contribution < -0.4 is 0 Å². The van der Waals surface area contributed by atoms with Gasteiger partial charge in [0.25, 0.3) is 0 Å². The number of aliphatic hydroxyl groups excluding tert-OH is 1. The fraction of sp³-hybridized carbons (Fsp3) is 1.00. The zero-order valence-electron chi connectivity index (χ0n) is 8.92. The van der Waals surface area contributed by atoms with E-state index in [0.29, 0.717) is 12.8 Å². The van der Waals surface area contributed by atoms with Crippen molar-refractivity contribution in [1.29, 1.82) is 0 Å². The molecule has 0 saturated heterocycles. The van der Waals surface area contributed by atoms with E-state index in [1.807, 2.05) is 0 Å². The molecule has 5 N–H and O–H groups in total. The van der Waals surface area contributed by atoms with Gasteiger partial charge in [-0.15, -0.1) is 0 Å². The minimum absolute atomic E-state index is 0.0722. The molecule has 1 rings (SSSR count). The first-order valence-corrected chi connectivity index (χ1v) is 4.90. The molecule has 0 amide bonds. The van der Waals surface area contributed by atoms with Gasteiger partial charge in [0.2, 0.25) is 0 Å². The Balaban J connectivity index is 2.46. The third-order valence-electron chi connectivity index (χ3n) is 2.45. The van der Waals surface area contributed by atoms with E-state index in [2.05, 4.69) is 9.68 Å². The number of aliphatic hydroxyl groups is 1. The average Bonchev–Trinajstić information content (AvgIpc) is 2.56. The molecule has 0 aromatic heterocycles. The summed E-state index contributed by atoms with van der Waals surface area (Å²) in [5.74, 6) is -0.0722. The van der Waals surface area contributed by atoms with Crippen LogP contribution in [0.3, 0.4) is 0 Å². The summed E-state index contributed by atoms with van der Waals surface area (Å²) in [6.45, 7) is -0.199. The van der Waals surface area contributed by atoms with E-state index >= 15 is 0 Å². The number of hydrogen-bond acceptors (Lipinski definition) is 10. The van der Waals surface area contributed by atoms with E-state index in [1.165, 1.54) is 0 Å². The van der Waals surface area contributed by atoms with Crippen molar-refractivity contribution in [1.82, 2.24) is 10.8 Å². The maximum Gasteiger partial charge on any atom is 0.143 e. The molecule has 0 radical (unpaired) electrons. The van der Waals surface area contributed by atoms with Crippen LogP contribution in [0.25, 0.3) is 0 Å². The molecule has 17 heavy (non-hydrogen) atoms. The molecule has 1 saturated carbocycles. The second-order valence-corrected chi connectivity index (χ2v) is 3.63. The lowest BCUT2D eigenvalue weighted by Gasteiger charge is -2.20. The van der Waals surface area contributed by atoms with Gasteiger partial charge in [-0.2, -0.15) is 0 Å². The van der Waals surface area contributed by atoms with E-state index in [-0.39, 0.29) is 12.5 Å². The molecule has 1 aliphatic rings. The highest BCUT2D eigenvalue weighted by Crippen LogP contribution is 2.31. The minimum Gasteiger partial charge on any atom is -0.371 e. The number of nitrogens with zero attached hydrogens (tertiary/aromatic N) is 2. The summed E-state index contributed by atoms with van der Waals surface area (Å²) in [5.41, 5.74) is 0. The van der Waals surface area contributed by atoms with Crippen molar-refractivity contribution in [2.24, 2.45) is 5.92 Å². The summed E-state index contributed by atoms with van der Waals surface area (Å²) in [6, 6.07) is 0. The lowest BCUT2D eigenvalue weighted by molar-refractivity contribution is -0.535. The molecule has 102 valence electrons. The average molecular weight is 256 g/mol. The summed E-state index contributed by atoms with van der Waals surface area (Å²) in [7, 11) is 0. The summed E-state index contributed by atoms with van der Waals surface area (Å²) in [4.78, 5) is 9.17. The molecule has 0 bridgehead atoms. The van der Waals surface area contributed by atoms with Crippen molar-refractivity contribution >= 4 is 0 Å². The van der Waals surface area contributed by atoms with E-state index in [1.54, 1.807) is 0 Å². The number of rotatable bonds is 7. The highest BCUT2D eigenvalue weighted by molar-refractivity contribution is 4.84. The van der Waals surface area contributed by atoms with E-state index in [0.717, 1.165) is 0 Å². The van der Waals surface area contributed by atoms with Gasteiger partial charge in [0.05, 0.1) is 17.4 Å². The van der Waals surface area contributed by atoms with E-state index in [4.69, 9.17) is 30.7 Å². The van der Waals surface area contributed by atoms with Gasteiger partial charge >= 0.3 is 0 Å². The van der Waals surface area contributed by atoms with Gasteiger partial charge in [-0.05, 0) is 18.8 Å². The van der Waals surface area contributed by atoms with Crippen LogP contribution >= 0.6 is 0 Å². The predicted octanol–water partition coefficient (Wildman–Crippen LogP) is -0.876. The van der Waals surface area contributed by atoms with E-state index < -0.39 is 29.8 Å². The number of hydrogen-bond donors (Lipinski definition) is 5. The monoisotopic (exact) mass is 256 g/mol. The fourth-order valence-corrected chi connectivity index (χ4v) is 1.88. The maximum absolute atomic E-state index is 8.53. The van der Waals surface area contributed by atoms with Crippen LogP contribution in [-0.2, 0) is 14.4 Å². The van der Waals surface area contributed by atoms with Gasteiger partial charge in [0.1, 0.15) is 19.0 Å². The van der Waals surface area contributed by atoms with Gasteiger partial charge in [0.15, 0.2) is 0 Å². The van der Waals surface area contributed by atoms with Crippen LogP contribution in [0.4, 0.5) is 0 Å². The lowest BCUT2D eigenvalue weighted by atomic mass is 10.1. The fourth-order valence-electron chi connectivity index (χ4n) is 1.88. The normalized spacial score (nSPS) is 29.5. The topological polar surface area (TPSA) is 135 Å². The minimum atomic E-state index is -0.779. The van der Waals surface area contributed by atoms with Gasteiger partial charge in [0, 0.05) is 0 Å². The molecule has 0 heterocycles. The Morgan fingerprint density at radius 3 is 1.76 bits per heavy atom. The molecule has 2 unspecified atom stereocenters. The molecule has 0 aliphatic heterocycles. The van der Waals surface area contributed by atoms with Gasteiger partial charge in [-0.3, -0.25) is 20.8 Å². The predicted molar refractivity (Wildman–Crippen MR) is 46.3 cm³/mol. The maximum atomic E-state index is 8.53. The van der Waals surface area contributed by atoms with E-state index in [9.17, 15) is 0 Å². The summed E-state index contributed by atoms with van der Waals surface area (Å²) >= 11 is 0. The smallest absolute Gasteiger partial charge is 0.143 e. The summed E-state index contributed by atoms with van der Waals surface area (Å²) < 4.78 is 4.79. The SMILES string of the molecule is OCOCC1CC(ON(O)O)C(ON(O)O)C1. The van der Waals surface area contributed by atoms with Crippen molar-refractivity contribution in [3.05, 3.63) is 0 Å². The van der Waals surface area contributed by atoms with Crippen LogP contribution in [0.15, 0.2) is 0 Å². The first kappa shape index (κ1) is 14.7. The molecule has 10 nitrogen and oxygen atoms in total. The Hall–Kier alpha value is -0.400. The Bertz CT molecular complexity index is 198. The van der Waals surface area contributed by atoms with Gasteiger partial charge in [-0.25, -0.2) is 9.68 Å². The van der Waals surface area contributed by atoms with Crippen LogP contribution in [0.5, 0.6) is 0 Å². The quantitative estimate of drug-likeness (QED) is 0.288. The standard InChI is InChI=1S/C7H16N2O8/c10-4-15-3-5-1-6(16-8(11)12)7(2-5)17-9(13)14/h5-7,10-14H,1-4H2. The highest BCUT2D eigenvalue weighted by atomic mass is 17.1. The Labute approximate surface area is 96.5 Å². The Morgan fingerprint density at radius 1 is 0.941 bits per heavy atom. The van der Waals surface area contributed by atoms with Crippen LogP contribution in [0.1, 0.15) is 12.8 Å². The van der Waals surface area contributed by atoms with Crippen molar-refractivity contribution in [3.8, 4) is 0 Å². The molecule has 1 fully saturated rings. The van der Waals surface area contributed by atoms with Crippen molar-refractivity contribution in [2.75, 3.05) is 13.4 Å². The summed E-state index contributed by atoms with van der Waals surface area (Å²) in [6.07, 6.45) is -0.870.